The van der Waals surface area contributed by atoms with Crippen molar-refractivity contribution in [3.8, 4) is 5.75 Å². The summed E-state index contributed by atoms with van der Waals surface area (Å²) >= 11 is 0. The Morgan fingerprint density at radius 1 is 0.913 bits per heavy atom. The molecule has 23 heavy (non-hydrogen) atoms. The van der Waals surface area contributed by atoms with Gasteiger partial charge in [0, 0.05) is 11.1 Å². The van der Waals surface area contributed by atoms with Gasteiger partial charge in [0.25, 0.3) is 11.8 Å². The zero-order chi connectivity index (χ0) is 16.2. The normalized spacial score (nSPS) is 10.3. The molecule has 0 atom stereocenters. The highest BCUT2D eigenvalue weighted by Crippen LogP contribution is 2.11. The molecule has 8 heteroatoms. The van der Waals surface area contributed by atoms with Gasteiger partial charge < -0.3 is 4.74 Å². The van der Waals surface area contributed by atoms with E-state index < -0.39 is 11.8 Å². The molecule has 0 saturated heterocycles. The third kappa shape index (κ3) is 3.10. The maximum atomic E-state index is 12.0. The van der Waals surface area contributed by atoms with E-state index in [-0.39, 0.29) is 0 Å². The van der Waals surface area contributed by atoms with E-state index in [1.165, 1.54) is 0 Å². The molecule has 116 valence electrons. The Morgan fingerprint density at radius 3 is 2.22 bits per heavy atom. The largest absolute Gasteiger partial charge is 0.497 e. The highest BCUT2D eigenvalue weighted by Gasteiger charge is 2.10. The number of aromatic amines is 1. The van der Waals surface area contributed by atoms with E-state index >= 15 is 0 Å². The van der Waals surface area contributed by atoms with Crippen molar-refractivity contribution in [3.63, 3.8) is 0 Å². The third-order valence-electron chi connectivity index (χ3n) is 3.22. The molecule has 0 aliphatic heterocycles. The third-order valence-corrected chi connectivity index (χ3v) is 3.22. The van der Waals surface area contributed by atoms with E-state index in [1.807, 2.05) is 0 Å². The van der Waals surface area contributed by atoms with Crippen molar-refractivity contribution in [1.29, 1.82) is 0 Å². The summed E-state index contributed by atoms with van der Waals surface area (Å²) in [6, 6.07) is 11.4. The lowest BCUT2D eigenvalue weighted by Gasteiger charge is -2.08. The van der Waals surface area contributed by atoms with E-state index in [0.717, 1.165) is 0 Å². The molecule has 2 aromatic carbocycles. The van der Waals surface area contributed by atoms with Crippen molar-refractivity contribution < 1.29 is 14.3 Å². The molecule has 0 saturated carbocycles. The van der Waals surface area contributed by atoms with E-state index in [4.69, 9.17) is 4.74 Å². The molecular weight excluding hydrogens is 298 g/mol. The minimum absolute atomic E-state index is 0.362. The number of ether oxygens (including phenoxy) is 1. The van der Waals surface area contributed by atoms with Gasteiger partial charge in [-0.05, 0) is 42.5 Å². The van der Waals surface area contributed by atoms with Crippen LogP contribution in [-0.2, 0) is 0 Å². The lowest BCUT2D eigenvalue weighted by molar-refractivity contribution is 0.0846. The predicted molar refractivity (Wildman–Crippen MR) is 81.8 cm³/mol. The standard InChI is InChI=1S/C15H13N5O3/c1-23-11-5-2-9(3-6-11)14(21)18-19-15(22)10-4-7-12-13(8-10)17-20-16-12/h2-8H,1H3,(H,18,21)(H,19,22)(H,16,17,20). The molecule has 0 bridgehead atoms. The van der Waals surface area contributed by atoms with Crippen LogP contribution in [0.15, 0.2) is 42.5 Å². The van der Waals surface area contributed by atoms with Crippen molar-refractivity contribution in [2.45, 2.75) is 0 Å². The van der Waals surface area contributed by atoms with Crippen LogP contribution in [0.4, 0.5) is 0 Å². The van der Waals surface area contributed by atoms with Crippen LogP contribution in [0.5, 0.6) is 5.75 Å². The van der Waals surface area contributed by atoms with Gasteiger partial charge >= 0.3 is 0 Å². The molecular formula is C15H13N5O3. The summed E-state index contributed by atoms with van der Waals surface area (Å²) in [5.41, 5.74) is 6.70. The van der Waals surface area contributed by atoms with Gasteiger partial charge in [-0.15, -0.1) is 0 Å². The summed E-state index contributed by atoms with van der Waals surface area (Å²) < 4.78 is 5.02. The fraction of sp³-hybridized carbons (Fsp3) is 0.0667. The number of hydrazine groups is 1. The summed E-state index contributed by atoms with van der Waals surface area (Å²) in [6.07, 6.45) is 0. The Balaban J connectivity index is 1.64. The van der Waals surface area contributed by atoms with E-state index in [0.29, 0.717) is 27.9 Å². The van der Waals surface area contributed by atoms with Gasteiger partial charge in [-0.1, -0.05) is 0 Å². The summed E-state index contributed by atoms with van der Waals surface area (Å²) in [6.45, 7) is 0. The van der Waals surface area contributed by atoms with Crippen molar-refractivity contribution in [2.24, 2.45) is 0 Å². The number of carbonyl (C=O) groups excluding carboxylic acids is 2. The summed E-state index contributed by atoms with van der Waals surface area (Å²) in [5, 5.41) is 10.3. The van der Waals surface area contributed by atoms with Crippen LogP contribution in [0.2, 0.25) is 0 Å². The fourth-order valence-electron chi connectivity index (χ4n) is 1.98. The van der Waals surface area contributed by atoms with Gasteiger partial charge in [0.1, 0.15) is 16.8 Å². The van der Waals surface area contributed by atoms with E-state index in [9.17, 15) is 9.59 Å². The molecule has 3 rings (SSSR count). The number of hydrogen-bond donors (Lipinski definition) is 3. The topological polar surface area (TPSA) is 109 Å². The molecule has 0 aliphatic carbocycles. The molecule has 3 aromatic rings. The molecule has 8 nitrogen and oxygen atoms in total. The minimum Gasteiger partial charge on any atom is -0.497 e. The highest BCUT2D eigenvalue weighted by atomic mass is 16.5. The number of benzene rings is 2. The molecule has 2 amide bonds. The number of H-pyrrole nitrogens is 1. The molecule has 0 unspecified atom stereocenters. The van der Waals surface area contributed by atoms with Crippen LogP contribution in [0, 0.1) is 0 Å². The van der Waals surface area contributed by atoms with Gasteiger partial charge in [-0.2, -0.15) is 15.4 Å². The zero-order valence-electron chi connectivity index (χ0n) is 12.2. The number of methoxy groups -OCH3 is 1. The number of nitrogens with zero attached hydrogens (tertiary/aromatic N) is 2. The number of aromatic nitrogens is 3. The number of nitrogens with one attached hydrogen (secondary N) is 3. The Bertz CT molecular complexity index is 857. The molecule has 1 heterocycles. The molecule has 0 aliphatic rings. The highest BCUT2D eigenvalue weighted by molar-refractivity contribution is 6.00. The Morgan fingerprint density at radius 2 is 1.52 bits per heavy atom. The number of rotatable bonds is 3. The second kappa shape index (κ2) is 6.14. The Hall–Kier alpha value is -3.42. The fourth-order valence-corrected chi connectivity index (χ4v) is 1.98. The Labute approximate surface area is 130 Å². The van der Waals surface area contributed by atoms with E-state index in [1.54, 1.807) is 49.6 Å². The quantitative estimate of drug-likeness (QED) is 0.626. The first-order valence-corrected chi connectivity index (χ1v) is 6.72. The smallest absolute Gasteiger partial charge is 0.269 e. The van der Waals surface area contributed by atoms with Crippen molar-refractivity contribution in [3.05, 3.63) is 53.6 Å². The van der Waals surface area contributed by atoms with Crippen LogP contribution in [0.1, 0.15) is 20.7 Å². The number of fused-ring (bicyclic) bond motifs is 1. The van der Waals surface area contributed by atoms with Crippen molar-refractivity contribution >= 4 is 22.8 Å². The lowest BCUT2D eigenvalue weighted by Crippen LogP contribution is -2.41. The maximum Gasteiger partial charge on any atom is 0.269 e. The summed E-state index contributed by atoms with van der Waals surface area (Å²) in [7, 11) is 1.54. The van der Waals surface area contributed by atoms with Crippen molar-refractivity contribution in [2.75, 3.05) is 7.11 Å². The van der Waals surface area contributed by atoms with Gasteiger partial charge in [0.05, 0.1) is 7.11 Å². The molecule has 0 radical (unpaired) electrons. The van der Waals surface area contributed by atoms with Crippen LogP contribution in [0.25, 0.3) is 11.0 Å². The lowest BCUT2D eigenvalue weighted by atomic mass is 10.2. The SMILES string of the molecule is COc1ccc(C(=O)NNC(=O)c2ccc3n[nH]nc3c2)cc1. The van der Waals surface area contributed by atoms with Crippen molar-refractivity contribution in [1.82, 2.24) is 26.3 Å². The zero-order valence-corrected chi connectivity index (χ0v) is 12.2. The van der Waals surface area contributed by atoms with Crippen LogP contribution in [-0.4, -0.2) is 34.3 Å². The minimum atomic E-state index is -0.447. The number of hydrogen-bond acceptors (Lipinski definition) is 5. The van der Waals surface area contributed by atoms with Gasteiger partial charge in [0.2, 0.25) is 0 Å². The summed E-state index contributed by atoms with van der Waals surface area (Å²) in [5.74, 6) is -0.230. The monoisotopic (exact) mass is 311 g/mol. The number of amides is 2. The first-order valence-electron chi connectivity index (χ1n) is 6.72. The first-order chi connectivity index (χ1) is 11.2. The molecule has 1 aromatic heterocycles. The van der Waals surface area contributed by atoms with Gasteiger partial charge in [-0.3, -0.25) is 20.4 Å². The molecule has 0 fully saturated rings. The van der Waals surface area contributed by atoms with Gasteiger partial charge in [0.15, 0.2) is 0 Å². The predicted octanol–water partition coefficient (Wildman–Crippen LogP) is 1.04. The maximum absolute atomic E-state index is 12.0. The average molecular weight is 311 g/mol. The van der Waals surface area contributed by atoms with Crippen LogP contribution >= 0.6 is 0 Å². The second-order valence-electron chi connectivity index (χ2n) is 4.66. The van der Waals surface area contributed by atoms with Crippen LogP contribution < -0.4 is 15.6 Å². The first kappa shape index (κ1) is 14.5. The number of carbonyl (C=O) groups is 2. The van der Waals surface area contributed by atoms with E-state index in [2.05, 4.69) is 26.3 Å². The summed E-state index contributed by atoms with van der Waals surface area (Å²) in [4.78, 5) is 24.0. The Kier molecular flexibility index (Phi) is 3.88. The molecule has 3 N–H and O–H groups in total. The van der Waals surface area contributed by atoms with Gasteiger partial charge in [-0.25, -0.2) is 0 Å². The average Bonchev–Trinajstić information content (AvgIpc) is 3.07. The molecule has 0 spiro atoms. The second-order valence-corrected chi connectivity index (χ2v) is 4.66. The van der Waals surface area contributed by atoms with Crippen LogP contribution in [0.3, 0.4) is 0 Å².